The zero-order valence-electron chi connectivity index (χ0n) is 61.2. The maximum Gasteiger partial charge on any atom is 0.472 e. The van der Waals surface area contributed by atoms with Gasteiger partial charge in [0.25, 0.3) is 0 Å². The number of phosphoric ester groups is 1. The molecule has 10 heteroatoms. The Balaban J connectivity index is 4.88. The lowest BCUT2D eigenvalue weighted by Gasteiger charge is -2.27. The number of nitrogens with one attached hydrogen (secondary N) is 1. The van der Waals surface area contributed by atoms with Gasteiger partial charge < -0.3 is 19.4 Å². The number of esters is 1. The maximum absolute atomic E-state index is 13.7. The van der Waals surface area contributed by atoms with E-state index in [0.29, 0.717) is 23.9 Å². The lowest BCUT2D eigenvalue weighted by atomic mass is 10.0. The normalized spacial score (nSPS) is 13.5. The number of hydrogen-bond donors (Lipinski definition) is 2. The highest BCUT2D eigenvalue weighted by Crippen LogP contribution is 2.43. The standard InChI is InChI=1S/C80H155N2O7P/c1-7-10-13-16-19-22-25-28-30-32-34-36-38-40-41-43-45-47-49-51-53-55-58-61-64-67-70-73-80(84)89-78(71-68-65-62-59-56-27-24-21-18-15-12-9-3)77(76-88-90(85,86)87-75-74-82(4,5)6)81-79(83)72-69-66-63-60-57-54-52-50-48-46-44-42-39-37-35-33-31-29-26-23-20-17-14-11-8-2/h20,23,29,31,68,71,77-78H,7-19,21-22,24-28,30,32-67,69-70,72-76H2,1-6H3,(H-,81,83,85,86)/p+1/b23-20-,31-29-,71-68+. The van der Waals surface area contributed by atoms with E-state index < -0.39 is 20.0 Å². The molecule has 0 saturated heterocycles. The summed E-state index contributed by atoms with van der Waals surface area (Å²) in [6.07, 6.45) is 89.0. The van der Waals surface area contributed by atoms with Crippen LogP contribution in [0.4, 0.5) is 0 Å². The van der Waals surface area contributed by atoms with Crippen LogP contribution in [0.3, 0.4) is 0 Å². The zero-order valence-corrected chi connectivity index (χ0v) is 62.1. The molecule has 9 nitrogen and oxygen atoms in total. The van der Waals surface area contributed by atoms with Gasteiger partial charge >= 0.3 is 13.8 Å². The highest BCUT2D eigenvalue weighted by atomic mass is 31.2. The minimum absolute atomic E-state index is 0.0438. The third kappa shape index (κ3) is 70.5. The second-order valence-electron chi connectivity index (χ2n) is 28.6. The number of hydrogen-bond acceptors (Lipinski definition) is 6. The van der Waals surface area contributed by atoms with Crippen LogP contribution in [0.5, 0.6) is 0 Å². The third-order valence-electron chi connectivity index (χ3n) is 18.3. The number of ether oxygens (including phenoxy) is 1. The number of likely N-dealkylation sites (N-methyl/N-ethyl adjacent to an activating group) is 1. The molecule has 3 atom stereocenters. The second kappa shape index (κ2) is 70.0. The first-order chi connectivity index (χ1) is 43.9. The number of carbonyl (C=O) groups is 2. The van der Waals surface area contributed by atoms with E-state index in [1.165, 1.54) is 315 Å². The van der Waals surface area contributed by atoms with Crippen LogP contribution < -0.4 is 5.32 Å². The topological polar surface area (TPSA) is 111 Å². The molecule has 0 aromatic heterocycles. The smallest absolute Gasteiger partial charge is 0.456 e. The SMILES string of the molecule is CCCCC/C=C\C/C=C\CCCCCCCCCCCCCCCCCC(=O)NC(COP(=O)(O)OCC[N+](C)(C)C)C(/C=C/CCCCCCCCCCCC)OC(=O)CCCCCCCCCCCCCCCCCCCCCCCCCCCCC. The van der Waals surface area contributed by atoms with Gasteiger partial charge in [-0.3, -0.25) is 18.6 Å². The Kier molecular flexibility index (Phi) is 68.7. The molecule has 532 valence electrons. The average Bonchev–Trinajstić information content (AvgIpc) is 3.11. The molecule has 0 fully saturated rings. The summed E-state index contributed by atoms with van der Waals surface area (Å²) in [5.74, 6) is -0.480. The number of nitrogens with zero attached hydrogens (tertiary/aromatic N) is 1. The van der Waals surface area contributed by atoms with Gasteiger partial charge in [-0.05, 0) is 63.9 Å². The summed E-state index contributed by atoms with van der Waals surface area (Å²) < 4.78 is 30.9. The summed E-state index contributed by atoms with van der Waals surface area (Å²) in [4.78, 5) is 38.0. The molecule has 0 rings (SSSR count). The molecule has 0 saturated carbocycles. The van der Waals surface area contributed by atoms with Gasteiger partial charge in [0.15, 0.2) is 0 Å². The highest BCUT2D eigenvalue weighted by molar-refractivity contribution is 7.47. The molecule has 0 radical (unpaired) electrons. The molecule has 0 spiro atoms. The first kappa shape index (κ1) is 88.2. The Bertz CT molecular complexity index is 1630. The molecule has 0 aliphatic carbocycles. The Hall–Kier alpha value is -1.77. The van der Waals surface area contributed by atoms with Crippen molar-refractivity contribution in [1.82, 2.24) is 5.32 Å². The summed E-state index contributed by atoms with van der Waals surface area (Å²) in [6, 6.07) is -0.846. The van der Waals surface area contributed by atoms with Crippen molar-refractivity contribution in [3.05, 3.63) is 36.5 Å². The van der Waals surface area contributed by atoms with Crippen molar-refractivity contribution in [3.63, 3.8) is 0 Å². The zero-order chi connectivity index (χ0) is 65.6. The number of rotatable bonds is 74. The van der Waals surface area contributed by atoms with Gasteiger partial charge in [-0.2, -0.15) is 0 Å². The average molecular weight is 1290 g/mol. The fourth-order valence-corrected chi connectivity index (χ4v) is 12.9. The quantitative estimate of drug-likeness (QED) is 0.0205. The number of allylic oxidation sites excluding steroid dienone is 5. The van der Waals surface area contributed by atoms with Crippen LogP contribution in [0.15, 0.2) is 36.5 Å². The second-order valence-corrected chi connectivity index (χ2v) is 30.1. The summed E-state index contributed by atoms with van der Waals surface area (Å²) >= 11 is 0. The summed E-state index contributed by atoms with van der Waals surface area (Å²) in [7, 11) is 1.52. The number of quaternary nitrogens is 1. The van der Waals surface area contributed by atoms with Crippen LogP contribution in [0.25, 0.3) is 0 Å². The van der Waals surface area contributed by atoms with Crippen molar-refractivity contribution >= 4 is 19.7 Å². The number of unbranched alkanes of at least 4 members (excludes halogenated alkanes) is 54. The Morgan fingerprint density at radius 2 is 0.678 bits per heavy atom. The van der Waals surface area contributed by atoms with E-state index in [1.54, 1.807) is 0 Å². The predicted octanol–water partition coefficient (Wildman–Crippen LogP) is 25.7. The molecular formula is C80H156N2O7P+. The Labute approximate surface area is 561 Å². The van der Waals surface area contributed by atoms with Crippen molar-refractivity contribution < 1.29 is 37.3 Å². The van der Waals surface area contributed by atoms with Crippen molar-refractivity contribution in [2.24, 2.45) is 0 Å². The molecule has 0 bridgehead atoms. The van der Waals surface area contributed by atoms with Crippen LogP contribution in [0.1, 0.15) is 412 Å². The molecule has 0 aromatic rings. The Morgan fingerprint density at radius 3 is 1.02 bits per heavy atom. The van der Waals surface area contributed by atoms with Gasteiger partial charge in [0.2, 0.25) is 5.91 Å². The first-order valence-electron chi connectivity index (χ1n) is 39.8. The molecule has 2 N–H and O–H groups in total. The van der Waals surface area contributed by atoms with Gasteiger partial charge in [0, 0.05) is 12.8 Å². The van der Waals surface area contributed by atoms with E-state index in [0.717, 1.165) is 64.2 Å². The molecule has 1 amide bonds. The van der Waals surface area contributed by atoms with Gasteiger partial charge in [-0.15, -0.1) is 0 Å². The highest BCUT2D eigenvalue weighted by Gasteiger charge is 2.30. The minimum atomic E-state index is -4.45. The largest absolute Gasteiger partial charge is 0.472 e. The minimum Gasteiger partial charge on any atom is -0.456 e. The van der Waals surface area contributed by atoms with Crippen LogP contribution in [-0.4, -0.2) is 74.3 Å². The predicted molar refractivity (Wildman–Crippen MR) is 393 cm³/mol. The fraction of sp³-hybridized carbons (Fsp3) is 0.900. The molecule has 0 aliphatic rings. The van der Waals surface area contributed by atoms with E-state index >= 15 is 0 Å². The van der Waals surface area contributed by atoms with Gasteiger partial charge in [-0.25, -0.2) is 4.57 Å². The molecule has 0 heterocycles. The lowest BCUT2D eigenvalue weighted by molar-refractivity contribution is -0.870. The number of phosphoric acid groups is 1. The first-order valence-corrected chi connectivity index (χ1v) is 41.3. The van der Waals surface area contributed by atoms with E-state index in [2.05, 4.69) is 56.5 Å². The summed E-state index contributed by atoms with van der Waals surface area (Å²) in [6.45, 7) is 7.07. The van der Waals surface area contributed by atoms with Gasteiger partial charge in [0.05, 0.1) is 33.8 Å². The molecule has 3 unspecified atom stereocenters. The van der Waals surface area contributed by atoms with Crippen LogP contribution in [0, 0.1) is 0 Å². The number of amides is 1. The van der Waals surface area contributed by atoms with E-state index in [-0.39, 0.29) is 25.1 Å². The maximum atomic E-state index is 13.7. The van der Waals surface area contributed by atoms with Crippen molar-refractivity contribution in [3.8, 4) is 0 Å². The van der Waals surface area contributed by atoms with Crippen LogP contribution in [0.2, 0.25) is 0 Å². The Morgan fingerprint density at radius 1 is 0.389 bits per heavy atom. The van der Waals surface area contributed by atoms with Crippen molar-refractivity contribution in [1.29, 1.82) is 0 Å². The summed E-state index contributed by atoms with van der Waals surface area (Å²) in [5.41, 5.74) is 0. The van der Waals surface area contributed by atoms with Gasteiger partial charge in [-0.1, -0.05) is 372 Å². The van der Waals surface area contributed by atoms with E-state index in [1.807, 2.05) is 27.2 Å². The molecule has 0 aliphatic heterocycles. The third-order valence-corrected chi connectivity index (χ3v) is 19.3. The molecule has 0 aromatic carbocycles. The van der Waals surface area contributed by atoms with Crippen LogP contribution >= 0.6 is 7.82 Å². The molecule has 90 heavy (non-hydrogen) atoms. The van der Waals surface area contributed by atoms with Crippen LogP contribution in [-0.2, 0) is 27.9 Å². The van der Waals surface area contributed by atoms with E-state index in [9.17, 15) is 19.0 Å². The summed E-state index contributed by atoms with van der Waals surface area (Å²) in [5, 5.41) is 3.09. The van der Waals surface area contributed by atoms with Crippen molar-refractivity contribution in [2.45, 2.75) is 425 Å². The monoisotopic (exact) mass is 1290 g/mol. The lowest BCUT2D eigenvalue weighted by Crippen LogP contribution is -2.47. The van der Waals surface area contributed by atoms with Gasteiger partial charge in [0.1, 0.15) is 19.3 Å². The molecular weight excluding hydrogens is 1130 g/mol. The van der Waals surface area contributed by atoms with Crippen molar-refractivity contribution in [2.75, 3.05) is 40.9 Å². The number of carbonyl (C=O) groups excluding carboxylic acids is 2. The van der Waals surface area contributed by atoms with E-state index in [4.69, 9.17) is 13.8 Å². The fourth-order valence-electron chi connectivity index (χ4n) is 12.2.